The van der Waals surface area contributed by atoms with Crippen LogP contribution in [-0.4, -0.2) is 16.8 Å². The van der Waals surface area contributed by atoms with Crippen LogP contribution in [0.25, 0.3) is 0 Å². The van der Waals surface area contributed by atoms with Gasteiger partial charge in [-0.25, -0.2) is 22.0 Å². The topological polar surface area (TPSA) is 120 Å². The number of rotatable bonds is 2. The van der Waals surface area contributed by atoms with Gasteiger partial charge in [0.05, 0.1) is 15.6 Å². The van der Waals surface area contributed by atoms with Crippen LogP contribution in [0.2, 0.25) is 5.02 Å². The molecule has 0 radical (unpaired) electrons. The van der Waals surface area contributed by atoms with E-state index < -0.39 is 28.9 Å². The molecule has 0 amide bonds. The number of sulfonamides is 1. The van der Waals surface area contributed by atoms with E-state index in [9.17, 15) is 16.8 Å². The van der Waals surface area contributed by atoms with Crippen LogP contribution in [0.15, 0.2) is 21.9 Å². The van der Waals surface area contributed by atoms with Crippen molar-refractivity contribution in [2.45, 2.75) is 9.79 Å². The van der Waals surface area contributed by atoms with E-state index in [-0.39, 0.29) is 10.7 Å². The maximum Gasteiger partial charge on any atom is 0.261 e. The van der Waals surface area contributed by atoms with E-state index in [4.69, 9.17) is 33.2 Å². The van der Waals surface area contributed by atoms with Crippen molar-refractivity contribution in [2.75, 3.05) is 5.73 Å². The van der Waals surface area contributed by atoms with Crippen LogP contribution < -0.4 is 10.9 Å². The maximum absolute atomic E-state index is 11.1. The van der Waals surface area contributed by atoms with Crippen LogP contribution in [0.3, 0.4) is 0 Å². The molecule has 0 aliphatic carbocycles. The van der Waals surface area contributed by atoms with E-state index in [1.807, 2.05) is 0 Å². The summed E-state index contributed by atoms with van der Waals surface area (Å²) < 4.78 is 44.2. The molecule has 0 aliphatic heterocycles. The number of primary sulfonamides is 1. The minimum Gasteiger partial charge on any atom is -0.396 e. The van der Waals surface area contributed by atoms with Crippen LogP contribution >= 0.6 is 22.3 Å². The quantitative estimate of drug-likeness (QED) is 0.608. The van der Waals surface area contributed by atoms with Gasteiger partial charge < -0.3 is 5.73 Å². The molecule has 1 rings (SSSR count). The Morgan fingerprint density at radius 2 is 1.62 bits per heavy atom. The minimum absolute atomic E-state index is 0.259. The molecule has 0 aliphatic rings. The van der Waals surface area contributed by atoms with E-state index in [0.29, 0.717) is 0 Å². The molecule has 0 saturated heterocycles. The van der Waals surface area contributed by atoms with E-state index in [2.05, 4.69) is 0 Å². The smallest absolute Gasteiger partial charge is 0.261 e. The lowest BCUT2D eigenvalue weighted by Gasteiger charge is -2.07. The summed E-state index contributed by atoms with van der Waals surface area (Å²) in [5, 5.41) is 4.58. The summed E-state index contributed by atoms with van der Waals surface area (Å²) in [6.45, 7) is 0. The summed E-state index contributed by atoms with van der Waals surface area (Å²) in [6, 6.07) is 1.69. The number of hydrogen-bond donors (Lipinski definition) is 2. The van der Waals surface area contributed by atoms with Crippen molar-refractivity contribution in [3.63, 3.8) is 0 Å². The molecule has 0 atom stereocenters. The van der Waals surface area contributed by atoms with Crippen LogP contribution in [-0.2, 0) is 19.1 Å². The molecule has 0 heterocycles. The van der Waals surface area contributed by atoms with Crippen molar-refractivity contribution in [3.05, 3.63) is 17.2 Å². The first-order valence-electron chi connectivity index (χ1n) is 3.60. The molecular weight excluding hydrogens is 299 g/mol. The molecule has 90 valence electrons. The van der Waals surface area contributed by atoms with Gasteiger partial charge in [0.15, 0.2) is 0 Å². The second kappa shape index (κ2) is 4.04. The fourth-order valence-corrected chi connectivity index (χ4v) is 2.85. The van der Waals surface area contributed by atoms with Gasteiger partial charge in [0, 0.05) is 10.7 Å². The molecule has 0 saturated carbocycles. The zero-order valence-electron chi connectivity index (χ0n) is 7.51. The predicted molar refractivity (Wildman–Crippen MR) is 60.3 cm³/mol. The second-order valence-corrected chi connectivity index (χ2v) is 7.30. The van der Waals surface area contributed by atoms with Crippen molar-refractivity contribution in [3.8, 4) is 0 Å². The van der Waals surface area contributed by atoms with Gasteiger partial charge in [0.1, 0.15) is 4.90 Å². The summed E-state index contributed by atoms with van der Waals surface area (Å²) in [7, 11) is -3.24. The Bertz CT molecular complexity index is 639. The van der Waals surface area contributed by atoms with E-state index in [1.165, 1.54) is 0 Å². The molecule has 16 heavy (non-hydrogen) atoms. The third-order valence-corrected chi connectivity index (χ3v) is 4.25. The predicted octanol–water partition coefficient (Wildman–Crippen LogP) is 0.497. The van der Waals surface area contributed by atoms with Crippen LogP contribution in [0.1, 0.15) is 0 Å². The number of nitrogens with two attached hydrogens (primary N) is 2. The fourth-order valence-electron chi connectivity index (χ4n) is 0.945. The first-order chi connectivity index (χ1) is 7.03. The van der Waals surface area contributed by atoms with Gasteiger partial charge in [-0.1, -0.05) is 11.6 Å². The Morgan fingerprint density at radius 3 is 2.00 bits per heavy atom. The van der Waals surface area contributed by atoms with E-state index >= 15 is 0 Å². The highest BCUT2D eigenvalue weighted by Crippen LogP contribution is 2.30. The van der Waals surface area contributed by atoms with Crippen molar-refractivity contribution in [2.24, 2.45) is 5.14 Å². The molecule has 0 spiro atoms. The number of hydrogen-bond acceptors (Lipinski definition) is 5. The van der Waals surface area contributed by atoms with Gasteiger partial charge in [0.25, 0.3) is 9.05 Å². The third kappa shape index (κ3) is 2.77. The normalized spacial score (nSPS) is 12.7. The molecule has 1 aromatic carbocycles. The largest absolute Gasteiger partial charge is 0.396 e. The van der Waals surface area contributed by atoms with E-state index in [0.717, 1.165) is 12.1 Å². The summed E-state index contributed by atoms with van der Waals surface area (Å²) in [4.78, 5) is -1.07. The van der Waals surface area contributed by atoms with Crippen molar-refractivity contribution in [1.82, 2.24) is 0 Å². The highest BCUT2D eigenvalue weighted by molar-refractivity contribution is 8.13. The van der Waals surface area contributed by atoms with Crippen LogP contribution in [0.5, 0.6) is 0 Å². The summed E-state index contributed by atoms with van der Waals surface area (Å²) in [5.41, 5.74) is 5.03. The van der Waals surface area contributed by atoms with Crippen LogP contribution in [0.4, 0.5) is 5.69 Å². The highest BCUT2D eigenvalue weighted by atomic mass is 35.7. The van der Waals surface area contributed by atoms with Gasteiger partial charge >= 0.3 is 0 Å². The molecule has 0 aromatic heterocycles. The molecule has 1 aromatic rings. The molecule has 6 nitrogen and oxygen atoms in total. The Kier molecular flexibility index (Phi) is 3.42. The van der Waals surface area contributed by atoms with Crippen LogP contribution in [0, 0.1) is 0 Å². The van der Waals surface area contributed by atoms with Crippen molar-refractivity contribution >= 4 is 47.0 Å². The lowest BCUT2D eigenvalue weighted by Crippen LogP contribution is -2.15. The van der Waals surface area contributed by atoms with E-state index in [1.54, 1.807) is 0 Å². The number of anilines is 1. The molecule has 10 heteroatoms. The minimum atomic E-state index is -4.17. The Hall–Kier alpha value is -0.540. The Morgan fingerprint density at radius 1 is 1.12 bits per heavy atom. The van der Waals surface area contributed by atoms with Crippen molar-refractivity contribution in [1.29, 1.82) is 0 Å². The zero-order valence-corrected chi connectivity index (χ0v) is 10.7. The number of halogens is 2. The summed E-state index contributed by atoms with van der Waals surface area (Å²) in [5.74, 6) is 0. The second-order valence-electron chi connectivity index (χ2n) is 2.80. The Labute approximate surface area is 102 Å². The molecule has 0 unspecified atom stereocenters. The first kappa shape index (κ1) is 13.5. The first-order valence-corrected chi connectivity index (χ1v) is 7.83. The monoisotopic (exact) mass is 304 g/mol. The average molecular weight is 305 g/mol. The molecule has 0 fully saturated rings. The fraction of sp³-hybridized carbons (Fsp3) is 0. The maximum atomic E-state index is 11.1. The molecular formula is C6H6Cl2N2O4S2. The third-order valence-electron chi connectivity index (χ3n) is 1.65. The highest BCUT2D eigenvalue weighted by Gasteiger charge is 2.20. The number of nitrogen functional groups attached to an aromatic ring is 1. The van der Waals surface area contributed by atoms with Gasteiger partial charge in [-0.2, -0.15) is 0 Å². The standard InChI is InChI=1S/C6H6Cl2N2O4S2/c7-4-1-3(15(8,11)12)2-5(6(4)9)16(10,13)14/h1-2H,9H2,(H2,10,13,14). The summed E-state index contributed by atoms with van der Waals surface area (Å²) >= 11 is 5.56. The average Bonchev–Trinajstić information content (AvgIpc) is 2.05. The lowest BCUT2D eigenvalue weighted by molar-refractivity contribution is 0.598. The Balaban J connectivity index is 3.72. The number of benzene rings is 1. The summed E-state index contributed by atoms with van der Waals surface area (Å²) in [6.07, 6.45) is 0. The zero-order chi connectivity index (χ0) is 12.7. The SMILES string of the molecule is Nc1c(Cl)cc(S(=O)(=O)Cl)cc1S(N)(=O)=O. The van der Waals surface area contributed by atoms with Gasteiger partial charge in [0.2, 0.25) is 10.0 Å². The molecule has 4 N–H and O–H groups in total. The van der Waals surface area contributed by atoms with Gasteiger partial charge in [-0.15, -0.1) is 0 Å². The van der Waals surface area contributed by atoms with Gasteiger partial charge in [-0.05, 0) is 12.1 Å². The molecule has 0 bridgehead atoms. The lowest BCUT2D eigenvalue weighted by atomic mass is 10.3. The van der Waals surface area contributed by atoms with Gasteiger partial charge in [-0.3, -0.25) is 0 Å². The van der Waals surface area contributed by atoms with Crippen molar-refractivity contribution < 1.29 is 16.8 Å².